The number of anilines is 1. The molecule has 23 heavy (non-hydrogen) atoms. The molecule has 0 saturated heterocycles. The molecule has 1 atom stereocenters. The van der Waals surface area contributed by atoms with Crippen LogP contribution in [0.25, 0.3) is 10.8 Å². The molecule has 0 unspecified atom stereocenters. The van der Waals surface area contributed by atoms with Gasteiger partial charge < -0.3 is 5.32 Å². The SMILES string of the molecule is C[C@H](N=C1C(=O)Nc2ccccc21)c1cccc2ccccc12. The van der Waals surface area contributed by atoms with E-state index in [0.717, 1.165) is 16.8 Å². The molecule has 0 radical (unpaired) electrons. The molecule has 112 valence electrons. The number of rotatable bonds is 2. The summed E-state index contributed by atoms with van der Waals surface area (Å²) >= 11 is 0. The van der Waals surface area contributed by atoms with Crippen molar-refractivity contribution in [1.82, 2.24) is 0 Å². The number of hydrogen-bond donors (Lipinski definition) is 1. The Morgan fingerprint density at radius 2 is 1.65 bits per heavy atom. The van der Waals surface area contributed by atoms with Crippen LogP contribution in [0.2, 0.25) is 0 Å². The van der Waals surface area contributed by atoms with Crippen molar-refractivity contribution in [3.05, 3.63) is 77.9 Å². The molecular weight excluding hydrogens is 284 g/mol. The van der Waals surface area contributed by atoms with Gasteiger partial charge in [-0.25, -0.2) is 0 Å². The van der Waals surface area contributed by atoms with Crippen LogP contribution in [-0.4, -0.2) is 11.6 Å². The Labute approximate surface area is 134 Å². The second-order valence-corrected chi connectivity index (χ2v) is 5.72. The van der Waals surface area contributed by atoms with E-state index in [4.69, 9.17) is 4.99 Å². The van der Waals surface area contributed by atoms with Gasteiger partial charge in [-0.05, 0) is 29.3 Å². The van der Waals surface area contributed by atoms with Crippen LogP contribution in [0.1, 0.15) is 24.1 Å². The Morgan fingerprint density at radius 3 is 2.57 bits per heavy atom. The number of nitrogens with one attached hydrogen (secondary N) is 1. The zero-order valence-corrected chi connectivity index (χ0v) is 12.8. The third-order valence-electron chi connectivity index (χ3n) is 4.24. The van der Waals surface area contributed by atoms with E-state index in [1.54, 1.807) is 0 Å². The summed E-state index contributed by atoms with van der Waals surface area (Å²) in [6.45, 7) is 2.03. The summed E-state index contributed by atoms with van der Waals surface area (Å²) in [5, 5.41) is 5.24. The zero-order valence-electron chi connectivity index (χ0n) is 12.8. The standard InChI is InChI=1S/C20H16N2O/c1-13(15-11-6-8-14-7-2-3-9-16(14)15)21-19-17-10-4-5-12-18(17)22-20(19)23/h2-13H,1H3,(H,21,22,23)/t13-/m0/s1. The largest absolute Gasteiger partial charge is 0.320 e. The van der Waals surface area contributed by atoms with Gasteiger partial charge in [-0.3, -0.25) is 9.79 Å². The Hall–Kier alpha value is -2.94. The van der Waals surface area contributed by atoms with Crippen molar-refractivity contribution in [2.75, 3.05) is 5.32 Å². The van der Waals surface area contributed by atoms with Crippen molar-refractivity contribution < 1.29 is 4.79 Å². The van der Waals surface area contributed by atoms with E-state index < -0.39 is 0 Å². The average Bonchev–Trinajstić information content (AvgIpc) is 2.90. The molecule has 1 heterocycles. The van der Waals surface area contributed by atoms with E-state index >= 15 is 0 Å². The fraction of sp³-hybridized carbons (Fsp3) is 0.100. The third-order valence-corrected chi connectivity index (χ3v) is 4.24. The molecule has 0 bridgehead atoms. The highest BCUT2D eigenvalue weighted by Crippen LogP contribution is 2.29. The van der Waals surface area contributed by atoms with Gasteiger partial charge in [0.2, 0.25) is 0 Å². The molecule has 0 aromatic heterocycles. The molecule has 4 rings (SSSR count). The summed E-state index contributed by atoms with van der Waals surface area (Å²) < 4.78 is 0. The Kier molecular flexibility index (Phi) is 3.19. The number of amides is 1. The summed E-state index contributed by atoms with van der Waals surface area (Å²) in [6.07, 6.45) is 0. The second-order valence-electron chi connectivity index (χ2n) is 5.72. The van der Waals surface area contributed by atoms with Gasteiger partial charge in [0.1, 0.15) is 5.71 Å². The van der Waals surface area contributed by atoms with E-state index in [9.17, 15) is 4.79 Å². The normalized spacial score (nSPS) is 16.4. The van der Waals surface area contributed by atoms with Crippen LogP contribution >= 0.6 is 0 Å². The Bertz CT molecular complexity index is 938. The van der Waals surface area contributed by atoms with E-state index in [1.807, 2.05) is 49.4 Å². The van der Waals surface area contributed by atoms with Crippen LogP contribution in [-0.2, 0) is 4.79 Å². The lowest BCUT2D eigenvalue weighted by Crippen LogP contribution is -2.15. The minimum atomic E-state index is -0.127. The highest BCUT2D eigenvalue weighted by Gasteiger charge is 2.26. The number of nitrogens with zero attached hydrogens (tertiary/aromatic N) is 1. The molecule has 3 aromatic carbocycles. The summed E-state index contributed by atoms with van der Waals surface area (Å²) in [5.41, 5.74) is 3.36. The Balaban J connectivity index is 1.81. The number of carbonyl (C=O) groups excluding carboxylic acids is 1. The minimum Gasteiger partial charge on any atom is -0.320 e. The molecule has 0 saturated carbocycles. The van der Waals surface area contributed by atoms with Crippen LogP contribution in [0, 0.1) is 0 Å². The number of para-hydroxylation sites is 1. The minimum absolute atomic E-state index is 0.0898. The highest BCUT2D eigenvalue weighted by atomic mass is 16.2. The van der Waals surface area contributed by atoms with Gasteiger partial charge in [0, 0.05) is 5.56 Å². The van der Waals surface area contributed by atoms with Crippen LogP contribution in [0.3, 0.4) is 0 Å². The number of hydrogen-bond acceptors (Lipinski definition) is 2. The van der Waals surface area contributed by atoms with Crippen LogP contribution < -0.4 is 5.32 Å². The molecule has 3 heteroatoms. The average molecular weight is 300 g/mol. The molecule has 3 nitrogen and oxygen atoms in total. The summed E-state index contributed by atoms with van der Waals surface area (Å²) in [5.74, 6) is -0.127. The molecule has 1 aliphatic heterocycles. The van der Waals surface area contributed by atoms with E-state index in [2.05, 4.69) is 29.6 Å². The predicted octanol–water partition coefficient (Wildman–Crippen LogP) is 4.34. The lowest BCUT2D eigenvalue weighted by Gasteiger charge is -2.11. The van der Waals surface area contributed by atoms with E-state index in [1.165, 1.54) is 10.8 Å². The lowest BCUT2D eigenvalue weighted by atomic mass is 9.99. The maximum atomic E-state index is 12.2. The maximum Gasteiger partial charge on any atom is 0.274 e. The quantitative estimate of drug-likeness (QED) is 0.751. The van der Waals surface area contributed by atoms with Crippen LogP contribution in [0.5, 0.6) is 0 Å². The summed E-state index contributed by atoms with van der Waals surface area (Å²) in [4.78, 5) is 16.9. The fourth-order valence-electron chi connectivity index (χ4n) is 3.11. The first-order valence-electron chi connectivity index (χ1n) is 7.70. The maximum absolute atomic E-state index is 12.2. The first kappa shape index (κ1) is 13.7. The van der Waals surface area contributed by atoms with Crippen molar-refractivity contribution in [2.45, 2.75) is 13.0 Å². The monoisotopic (exact) mass is 300 g/mol. The molecule has 1 amide bonds. The zero-order chi connectivity index (χ0) is 15.8. The van der Waals surface area contributed by atoms with Gasteiger partial charge >= 0.3 is 0 Å². The lowest BCUT2D eigenvalue weighted by molar-refractivity contribution is -0.110. The van der Waals surface area contributed by atoms with Crippen LogP contribution in [0.15, 0.2) is 71.7 Å². The van der Waals surface area contributed by atoms with Gasteiger partial charge in [0.15, 0.2) is 0 Å². The second kappa shape index (κ2) is 5.36. The van der Waals surface area contributed by atoms with E-state index in [0.29, 0.717) is 5.71 Å². The van der Waals surface area contributed by atoms with Crippen molar-refractivity contribution in [3.8, 4) is 0 Å². The summed E-state index contributed by atoms with van der Waals surface area (Å²) in [6, 6.07) is 22.1. The first-order chi connectivity index (χ1) is 11.2. The molecule has 1 aliphatic rings. The van der Waals surface area contributed by atoms with E-state index in [-0.39, 0.29) is 11.9 Å². The topological polar surface area (TPSA) is 41.5 Å². The van der Waals surface area contributed by atoms with Crippen molar-refractivity contribution in [3.63, 3.8) is 0 Å². The van der Waals surface area contributed by atoms with Gasteiger partial charge in [-0.2, -0.15) is 0 Å². The van der Waals surface area contributed by atoms with Gasteiger partial charge in [-0.15, -0.1) is 0 Å². The van der Waals surface area contributed by atoms with Crippen LogP contribution in [0.4, 0.5) is 5.69 Å². The highest BCUT2D eigenvalue weighted by molar-refractivity contribution is 6.53. The summed E-state index contributed by atoms with van der Waals surface area (Å²) in [7, 11) is 0. The number of carbonyl (C=O) groups is 1. The van der Waals surface area contributed by atoms with Gasteiger partial charge in [-0.1, -0.05) is 60.7 Å². The fourth-order valence-corrected chi connectivity index (χ4v) is 3.11. The molecule has 0 fully saturated rings. The smallest absolute Gasteiger partial charge is 0.274 e. The third kappa shape index (κ3) is 2.30. The van der Waals surface area contributed by atoms with Crippen molar-refractivity contribution >= 4 is 28.1 Å². The predicted molar refractivity (Wildman–Crippen MR) is 94.0 cm³/mol. The first-order valence-corrected chi connectivity index (χ1v) is 7.70. The molecule has 0 spiro atoms. The van der Waals surface area contributed by atoms with Crippen molar-refractivity contribution in [2.24, 2.45) is 4.99 Å². The molecule has 0 aliphatic carbocycles. The molecular formula is C20H16N2O. The Morgan fingerprint density at radius 1 is 0.913 bits per heavy atom. The van der Waals surface area contributed by atoms with Crippen molar-refractivity contribution in [1.29, 1.82) is 0 Å². The van der Waals surface area contributed by atoms with Gasteiger partial charge in [0.25, 0.3) is 5.91 Å². The number of aliphatic imine (C=N–C) groups is 1. The number of fused-ring (bicyclic) bond motifs is 2. The van der Waals surface area contributed by atoms with Gasteiger partial charge in [0.05, 0.1) is 11.7 Å². The molecule has 1 N–H and O–H groups in total. The molecule has 3 aromatic rings. The number of benzene rings is 3.